The van der Waals surface area contributed by atoms with Crippen LogP contribution >= 0.6 is 0 Å². The van der Waals surface area contributed by atoms with Gasteiger partial charge in [0.1, 0.15) is 36.4 Å². The molecule has 0 bridgehead atoms. The van der Waals surface area contributed by atoms with Crippen molar-refractivity contribution >= 4 is 29.5 Å². The molecule has 0 spiro atoms. The van der Waals surface area contributed by atoms with Gasteiger partial charge >= 0.3 is 12.1 Å². The van der Waals surface area contributed by atoms with Crippen LogP contribution < -0.4 is 20.9 Å². The summed E-state index contributed by atoms with van der Waals surface area (Å²) in [5.41, 5.74) is 4.28. The van der Waals surface area contributed by atoms with E-state index in [9.17, 15) is 9.59 Å². The predicted molar refractivity (Wildman–Crippen MR) is 170 cm³/mol. The van der Waals surface area contributed by atoms with E-state index in [1.165, 1.54) is 5.56 Å². The smallest absolute Gasteiger partial charge is 0.408 e. The molecule has 1 saturated heterocycles. The number of nitrogens with one attached hydrogen (secondary N) is 3. The Kier molecular flexibility index (Phi) is 10.5. The number of aromatic nitrogens is 3. The van der Waals surface area contributed by atoms with Crippen molar-refractivity contribution in [1.82, 2.24) is 20.3 Å². The molecule has 11 nitrogen and oxygen atoms in total. The molecule has 234 valence electrons. The van der Waals surface area contributed by atoms with Crippen molar-refractivity contribution in [3.05, 3.63) is 71.2 Å². The molecule has 0 saturated carbocycles. The SMILES string of the molecule is CCc1c(NC[C@H](NC(=O)OCc2ccccc2)C(=O)OC(C)C)ncnc1N1CCC(c2ccc3c(n2)NCCC3)CC1. The number of alkyl carbamates (subject to hydrolysis) is 1. The van der Waals surface area contributed by atoms with Gasteiger partial charge in [0.15, 0.2) is 0 Å². The van der Waals surface area contributed by atoms with Crippen molar-refractivity contribution in [2.75, 3.05) is 41.7 Å². The van der Waals surface area contributed by atoms with Crippen LogP contribution in [0, 0.1) is 0 Å². The Morgan fingerprint density at radius 1 is 1.09 bits per heavy atom. The van der Waals surface area contributed by atoms with Crippen molar-refractivity contribution in [3.8, 4) is 0 Å². The van der Waals surface area contributed by atoms with Crippen LogP contribution in [-0.4, -0.2) is 65.3 Å². The minimum absolute atomic E-state index is 0.0789. The topological polar surface area (TPSA) is 131 Å². The number of esters is 1. The highest BCUT2D eigenvalue weighted by Crippen LogP contribution is 2.33. The van der Waals surface area contributed by atoms with E-state index in [0.717, 1.165) is 73.8 Å². The minimum atomic E-state index is -0.974. The van der Waals surface area contributed by atoms with Gasteiger partial charge in [-0.15, -0.1) is 0 Å². The van der Waals surface area contributed by atoms with Crippen molar-refractivity contribution in [1.29, 1.82) is 0 Å². The van der Waals surface area contributed by atoms with Gasteiger partial charge in [0.25, 0.3) is 0 Å². The van der Waals surface area contributed by atoms with E-state index >= 15 is 0 Å². The van der Waals surface area contributed by atoms with Gasteiger partial charge in [-0.25, -0.2) is 24.5 Å². The van der Waals surface area contributed by atoms with Gasteiger partial charge < -0.3 is 30.3 Å². The van der Waals surface area contributed by atoms with E-state index in [2.05, 4.69) is 49.9 Å². The normalized spacial score (nSPS) is 15.6. The quantitative estimate of drug-likeness (QED) is 0.263. The maximum absolute atomic E-state index is 12.9. The van der Waals surface area contributed by atoms with Crippen LogP contribution in [0.1, 0.15) is 68.3 Å². The summed E-state index contributed by atoms with van der Waals surface area (Å²) in [6.07, 6.45) is 5.42. The molecule has 1 amide bonds. The molecule has 4 heterocycles. The summed E-state index contributed by atoms with van der Waals surface area (Å²) in [5.74, 6) is 2.42. The zero-order valence-corrected chi connectivity index (χ0v) is 25.8. The van der Waals surface area contributed by atoms with Crippen LogP contribution in [0.4, 0.5) is 22.2 Å². The Labute approximate surface area is 259 Å². The van der Waals surface area contributed by atoms with Crippen LogP contribution in [0.2, 0.25) is 0 Å². The van der Waals surface area contributed by atoms with E-state index in [1.54, 1.807) is 20.2 Å². The van der Waals surface area contributed by atoms with Crippen LogP contribution in [-0.2, 0) is 33.7 Å². The van der Waals surface area contributed by atoms with Crippen molar-refractivity contribution < 1.29 is 19.1 Å². The first-order valence-corrected chi connectivity index (χ1v) is 15.6. The number of fused-ring (bicyclic) bond motifs is 1. The molecule has 44 heavy (non-hydrogen) atoms. The number of rotatable bonds is 11. The first-order valence-electron chi connectivity index (χ1n) is 15.6. The maximum Gasteiger partial charge on any atom is 0.408 e. The summed E-state index contributed by atoms with van der Waals surface area (Å²) in [7, 11) is 0. The lowest BCUT2D eigenvalue weighted by Crippen LogP contribution is -2.47. The zero-order chi connectivity index (χ0) is 30.9. The first-order chi connectivity index (χ1) is 21.4. The molecule has 0 aliphatic carbocycles. The maximum atomic E-state index is 12.9. The van der Waals surface area contributed by atoms with E-state index in [4.69, 9.17) is 14.5 Å². The molecule has 2 aliphatic rings. The number of benzene rings is 1. The highest BCUT2D eigenvalue weighted by Gasteiger charge is 2.28. The van der Waals surface area contributed by atoms with Crippen LogP contribution in [0.15, 0.2) is 48.8 Å². The standard InChI is InChI=1S/C33H43N7O4/c1-4-26-30(35-19-28(32(41)44-22(2)3)39-33(42)43-20-23-9-6-5-7-10-23)36-21-37-31(26)40-17-14-24(15-18-40)27-13-12-25-11-8-16-34-29(25)38-27/h5-7,9-10,12-13,21-22,24,28H,4,8,11,14-20H2,1-3H3,(H,34,38)(H,39,42)(H,35,36,37)/t28-/m0/s1. The monoisotopic (exact) mass is 601 g/mol. The van der Waals surface area contributed by atoms with Gasteiger partial charge in [-0.1, -0.05) is 43.3 Å². The van der Waals surface area contributed by atoms with Crippen molar-refractivity contribution in [2.24, 2.45) is 0 Å². The van der Waals surface area contributed by atoms with E-state index < -0.39 is 18.1 Å². The Hall–Kier alpha value is -4.41. The number of carbonyl (C=O) groups is 2. The molecular formula is C33H43N7O4. The number of nitrogens with zero attached hydrogens (tertiary/aromatic N) is 4. The molecule has 1 aromatic carbocycles. The second kappa shape index (κ2) is 14.9. The zero-order valence-electron chi connectivity index (χ0n) is 25.8. The largest absolute Gasteiger partial charge is 0.461 e. The summed E-state index contributed by atoms with van der Waals surface area (Å²) in [6.45, 7) is 8.48. The highest BCUT2D eigenvalue weighted by atomic mass is 16.6. The van der Waals surface area contributed by atoms with E-state index in [-0.39, 0.29) is 19.3 Å². The highest BCUT2D eigenvalue weighted by molar-refractivity contribution is 5.82. The van der Waals surface area contributed by atoms with Crippen LogP contribution in [0.5, 0.6) is 0 Å². The lowest BCUT2D eigenvalue weighted by atomic mass is 9.92. The lowest BCUT2D eigenvalue weighted by molar-refractivity contribution is -0.149. The average Bonchev–Trinajstić information content (AvgIpc) is 3.05. The number of anilines is 3. The third kappa shape index (κ3) is 7.94. The summed E-state index contributed by atoms with van der Waals surface area (Å²) in [5, 5.41) is 9.38. The van der Waals surface area contributed by atoms with E-state index in [0.29, 0.717) is 18.2 Å². The number of hydrogen-bond acceptors (Lipinski definition) is 10. The summed E-state index contributed by atoms with van der Waals surface area (Å²) in [6, 6.07) is 12.8. The van der Waals surface area contributed by atoms with Crippen LogP contribution in [0.3, 0.4) is 0 Å². The third-order valence-corrected chi connectivity index (χ3v) is 8.02. The molecule has 5 rings (SSSR count). The molecule has 2 aromatic heterocycles. The average molecular weight is 602 g/mol. The fraction of sp³-hybridized carbons (Fsp3) is 0.485. The van der Waals surface area contributed by atoms with Gasteiger partial charge in [-0.3, -0.25) is 0 Å². The van der Waals surface area contributed by atoms with Gasteiger partial charge in [-0.2, -0.15) is 0 Å². The Balaban J connectivity index is 1.22. The summed E-state index contributed by atoms with van der Waals surface area (Å²) >= 11 is 0. The Bertz CT molecular complexity index is 1410. The molecule has 0 unspecified atom stereocenters. The number of hydrogen-bond donors (Lipinski definition) is 3. The Morgan fingerprint density at radius 2 is 1.89 bits per heavy atom. The molecule has 1 fully saturated rings. The van der Waals surface area contributed by atoms with Crippen molar-refractivity contribution in [2.45, 2.75) is 77.5 Å². The summed E-state index contributed by atoms with van der Waals surface area (Å²) < 4.78 is 10.8. The molecule has 11 heteroatoms. The summed E-state index contributed by atoms with van der Waals surface area (Å²) in [4.78, 5) is 41.9. The number of aryl methyl sites for hydroxylation is 1. The lowest BCUT2D eigenvalue weighted by Gasteiger charge is -2.34. The van der Waals surface area contributed by atoms with Crippen molar-refractivity contribution in [3.63, 3.8) is 0 Å². The first kappa shape index (κ1) is 31.0. The van der Waals surface area contributed by atoms with Crippen LogP contribution in [0.25, 0.3) is 0 Å². The van der Waals surface area contributed by atoms with Gasteiger partial charge in [0.05, 0.1) is 6.10 Å². The molecule has 3 aromatic rings. The van der Waals surface area contributed by atoms with Gasteiger partial charge in [0, 0.05) is 43.4 Å². The number of carbonyl (C=O) groups excluding carboxylic acids is 2. The fourth-order valence-corrected chi connectivity index (χ4v) is 5.72. The molecule has 2 aliphatic heterocycles. The minimum Gasteiger partial charge on any atom is -0.461 e. The Morgan fingerprint density at radius 3 is 2.64 bits per heavy atom. The molecule has 0 radical (unpaired) electrons. The second-order valence-corrected chi connectivity index (χ2v) is 11.5. The van der Waals surface area contributed by atoms with Gasteiger partial charge in [0.2, 0.25) is 0 Å². The number of amides is 1. The number of pyridine rings is 1. The fourth-order valence-electron chi connectivity index (χ4n) is 5.72. The number of ether oxygens (including phenoxy) is 2. The molecule has 3 N–H and O–H groups in total. The van der Waals surface area contributed by atoms with E-state index in [1.807, 2.05) is 30.3 Å². The van der Waals surface area contributed by atoms with Gasteiger partial charge in [-0.05, 0) is 63.1 Å². The number of piperidine rings is 1. The predicted octanol–water partition coefficient (Wildman–Crippen LogP) is 4.83. The third-order valence-electron chi connectivity index (χ3n) is 8.02. The molecular weight excluding hydrogens is 558 g/mol. The molecule has 1 atom stereocenters. The second-order valence-electron chi connectivity index (χ2n) is 11.5.